The number of anilines is 1. The molecule has 4 nitrogen and oxygen atoms in total. The summed E-state index contributed by atoms with van der Waals surface area (Å²) in [6, 6.07) is 23.8. The number of benzene rings is 3. The molecule has 4 rings (SSSR count). The maximum atomic E-state index is 13.3. The number of hydrogen-bond acceptors (Lipinski definition) is 3. The second-order valence-corrected chi connectivity index (χ2v) is 6.78. The van der Waals surface area contributed by atoms with Gasteiger partial charge in [0.05, 0.1) is 12.7 Å². The zero-order valence-corrected chi connectivity index (χ0v) is 15.5. The van der Waals surface area contributed by atoms with Crippen LogP contribution < -0.4 is 10.1 Å². The number of ether oxygens (including phenoxy) is 1. The van der Waals surface area contributed by atoms with Crippen molar-refractivity contribution in [2.75, 3.05) is 12.4 Å². The van der Waals surface area contributed by atoms with Gasteiger partial charge in [-0.15, -0.1) is 0 Å². The minimum absolute atomic E-state index is 0.0331. The standard InChI is InChI=1S/C23H22N2O2/c1-16-7-9-17(10-8-16)15-25-22(18-11-13-19(27-2)14-12-18)24-21-6-4-3-5-20(21)23(25)26/h3-14,22,24H,15H2,1-2H3. The van der Waals surface area contributed by atoms with E-state index in [1.807, 2.05) is 53.4 Å². The third-order valence-corrected chi connectivity index (χ3v) is 4.93. The summed E-state index contributed by atoms with van der Waals surface area (Å²) >= 11 is 0. The molecule has 1 aliphatic rings. The molecule has 1 heterocycles. The van der Waals surface area contributed by atoms with E-state index in [-0.39, 0.29) is 12.1 Å². The average Bonchev–Trinajstić information content (AvgIpc) is 2.71. The van der Waals surface area contributed by atoms with Crippen molar-refractivity contribution in [1.29, 1.82) is 0 Å². The molecule has 0 bridgehead atoms. The molecule has 136 valence electrons. The number of amides is 1. The number of aryl methyl sites for hydroxylation is 1. The number of nitrogens with one attached hydrogen (secondary N) is 1. The summed E-state index contributed by atoms with van der Waals surface area (Å²) in [7, 11) is 1.65. The molecule has 1 atom stereocenters. The van der Waals surface area contributed by atoms with Crippen LogP contribution in [0.2, 0.25) is 0 Å². The Morgan fingerprint density at radius 3 is 2.37 bits per heavy atom. The van der Waals surface area contributed by atoms with Crippen molar-refractivity contribution in [2.45, 2.75) is 19.6 Å². The van der Waals surface area contributed by atoms with E-state index in [4.69, 9.17) is 4.74 Å². The molecular weight excluding hydrogens is 336 g/mol. The van der Waals surface area contributed by atoms with Gasteiger partial charge in [0.1, 0.15) is 11.9 Å². The van der Waals surface area contributed by atoms with Gasteiger partial charge < -0.3 is 15.0 Å². The minimum Gasteiger partial charge on any atom is -0.497 e. The van der Waals surface area contributed by atoms with Gasteiger partial charge >= 0.3 is 0 Å². The lowest BCUT2D eigenvalue weighted by atomic mass is 10.0. The van der Waals surface area contributed by atoms with E-state index in [9.17, 15) is 4.79 Å². The fraction of sp³-hybridized carbons (Fsp3) is 0.174. The number of carbonyl (C=O) groups is 1. The smallest absolute Gasteiger partial charge is 0.258 e. The van der Waals surface area contributed by atoms with Crippen molar-refractivity contribution < 1.29 is 9.53 Å². The lowest BCUT2D eigenvalue weighted by Crippen LogP contribution is -2.42. The third kappa shape index (κ3) is 3.38. The summed E-state index contributed by atoms with van der Waals surface area (Å²) in [5, 5.41) is 3.53. The Hall–Kier alpha value is -3.27. The topological polar surface area (TPSA) is 41.6 Å². The Kier molecular flexibility index (Phi) is 4.55. The van der Waals surface area contributed by atoms with E-state index in [1.165, 1.54) is 5.56 Å². The fourth-order valence-electron chi connectivity index (χ4n) is 3.40. The maximum Gasteiger partial charge on any atom is 0.258 e. The number of methoxy groups -OCH3 is 1. The molecule has 0 fully saturated rings. The predicted molar refractivity (Wildman–Crippen MR) is 107 cm³/mol. The van der Waals surface area contributed by atoms with E-state index in [2.05, 4.69) is 36.5 Å². The summed E-state index contributed by atoms with van der Waals surface area (Å²) in [6.07, 6.45) is -0.236. The Labute approximate surface area is 159 Å². The molecule has 3 aromatic carbocycles. The summed E-state index contributed by atoms with van der Waals surface area (Å²) < 4.78 is 5.27. The molecule has 27 heavy (non-hydrogen) atoms. The third-order valence-electron chi connectivity index (χ3n) is 4.93. The van der Waals surface area contributed by atoms with E-state index in [0.29, 0.717) is 12.1 Å². The van der Waals surface area contributed by atoms with Crippen molar-refractivity contribution in [3.8, 4) is 5.75 Å². The SMILES string of the molecule is COc1ccc(C2Nc3ccccc3C(=O)N2Cc2ccc(C)cc2)cc1. The first-order valence-electron chi connectivity index (χ1n) is 9.02. The van der Waals surface area contributed by atoms with Crippen LogP contribution in [0.1, 0.15) is 33.2 Å². The van der Waals surface area contributed by atoms with Gasteiger partial charge in [-0.2, -0.15) is 0 Å². The quantitative estimate of drug-likeness (QED) is 0.730. The maximum absolute atomic E-state index is 13.3. The highest BCUT2D eigenvalue weighted by molar-refractivity contribution is 6.01. The number of para-hydroxylation sites is 1. The number of rotatable bonds is 4. The van der Waals surface area contributed by atoms with Gasteiger partial charge in [0.25, 0.3) is 5.91 Å². The van der Waals surface area contributed by atoms with E-state index >= 15 is 0 Å². The first kappa shape index (κ1) is 17.2. The molecule has 0 saturated carbocycles. The van der Waals surface area contributed by atoms with Crippen LogP contribution in [0, 0.1) is 6.92 Å². The van der Waals surface area contributed by atoms with Gasteiger partial charge in [0.15, 0.2) is 0 Å². The monoisotopic (exact) mass is 358 g/mol. The van der Waals surface area contributed by atoms with Gasteiger partial charge in [0.2, 0.25) is 0 Å². The van der Waals surface area contributed by atoms with Crippen LogP contribution >= 0.6 is 0 Å². The number of nitrogens with zero attached hydrogens (tertiary/aromatic N) is 1. The predicted octanol–water partition coefficient (Wildman–Crippen LogP) is 4.77. The molecule has 0 radical (unpaired) electrons. The average molecular weight is 358 g/mol. The molecule has 0 aliphatic carbocycles. The fourth-order valence-corrected chi connectivity index (χ4v) is 3.40. The van der Waals surface area contributed by atoms with E-state index in [0.717, 1.165) is 22.6 Å². The zero-order valence-electron chi connectivity index (χ0n) is 15.5. The second-order valence-electron chi connectivity index (χ2n) is 6.78. The molecule has 3 aromatic rings. The van der Waals surface area contributed by atoms with Gasteiger partial charge in [-0.05, 0) is 42.3 Å². The first-order valence-corrected chi connectivity index (χ1v) is 9.02. The van der Waals surface area contributed by atoms with Crippen LogP contribution in [0.3, 0.4) is 0 Å². The Morgan fingerprint density at radius 2 is 1.67 bits per heavy atom. The van der Waals surface area contributed by atoms with Crippen LogP contribution in [0.15, 0.2) is 72.8 Å². The molecule has 0 aromatic heterocycles. The minimum atomic E-state index is -0.236. The highest BCUT2D eigenvalue weighted by Crippen LogP contribution is 2.34. The van der Waals surface area contributed by atoms with Crippen LogP contribution in [0.25, 0.3) is 0 Å². The lowest BCUT2D eigenvalue weighted by Gasteiger charge is -2.38. The summed E-state index contributed by atoms with van der Waals surface area (Å²) in [6.45, 7) is 2.60. The largest absolute Gasteiger partial charge is 0.497 e. The van der Waals surface area contributed by atoms with Crippen LogP contribution in [-0.4, -0.2) is 17.9 Å². The van der Waals surface area contributed by atoms with E-state index in [1.54, 1.807) is 7.11 Å². The van der Waals surface area contributed by atoms with Crippen LogP contribution in [0.5, 0.6) is 5.75 Å². The molecule has 0 saturated heterocycles. The first-order chi connectivity index (χ1) is 13.2. The summed E-state index contributed by atoms with van der Waals surface area (Å²) in [5.41, 5.74) is 4.90. The highest BCUT2D eigenvalue weighted by Gasteiger charge is 2.32. The van der Waals surface area contributed by atoms with Gasteiger partial charge in [-0.3, -0.25) is 4.79 Å². The van der Waals surface area contributed by atoms with Crippen LogP contribution in [-0.2, 0) is 6.54 Å². The Morgan fingerprint density at radius 1 is 0.963 bits per heavy atom. The summed E-state index contributed by atoms with van der Waals surface area (Å²) in [4.78, 5) is 15.1. The Bertz CT molecular complexity index is 949. The number of hydrogen-bond donors (Lipinski definition) is 1. The van der Waals surface area contributed by atoms with Crippen LogP contribution in [0.4, 0.5) is 5.69 Å². The summed E-state index contributed by atoms with van der Waals surface area (Å²) in [5.74, 6) is 0.831. The van der Waals surface area contributed by atoms with Gasteiger partial charge in [-0.25, -0.2) is 0 Å². The molecule has 1 N–H and O–H groups in total. The van der Waals surface area contributed by atoms with Crippen molar-refractivity contribution in [1.82, 2.24) is 4.90 Å². The van der Waals surface area contributed by atoms with Gasteiger partial charge in [-0.1, -0.05) is 54.1 Å². The van der Waals surface area contributed by atoms with Crippen molar-refractivity contribution in [3.63, 3.8) is 0 Å². The molecule has 1 amide bonds. The number of carbonyl (C=O) groups excluding carboxylic acids is 1. The van der Waals surface area contributed by atoms with Crippen molar-refractivity contribution in [2.24, 2.45) is 0 Å². The Balaban J connectivity index is 1.72. The van der Waals surface area contributed by atoms with Crippen molar-refractivity contribution in [3.05, 3.63) is 95.1 Å². The normalized spacial score (nSPS) is 15.9. The highest BCUT2D eigenvalue weighted by atomic mass is 16.5. The second kappa shape index (κ2) is 7.16. The molecule has 1 unspecified atom stereocenters. The molecule has 0 spiro atoms. The lowest BCUT2D eigenvalue weighted by molar-refractivity contribution is 0.0666. The van der Waals surface area contributed by atoms with Gasteiger partial charge in [0, 0.05) is 12.2 Å². The molecule has 4 heteroatoms. The molecular formula is C23H22N2O2. The van der Waals surface area contributed by atoms with Crippen molar-refractivity contribution >= 4 is 11.6 Å². The number of fused-ring (bicyclic) bond motifs is 1. The molecule has 1 aliphatic heterocycles. The zero-order chi connectivity index (χ0) is 18.8. The van der Waals surface area contributed by atoms with E-state index < -0.39 is 0 Å².